The van der Waals surface area contributed by atoms with Crippen molar-refractivity contribution in [3.63, 3.8) is 0 Å². The molecule has 0 aromatic rings. The Morgan fingerprint density at radius 2 is 1.04 bits per heavy atom. The first-order valence-electron chi connectivity index (χ1n) is 22.5. The monoisotopic (exact) mass is 768 g/mol. The molecule has 9 heteroatoms. The standard InChI is InChI=1S/C45H85NO8/c1-3-5-7-9-11-13-15-17-18-19-20-21-22-23-25-27-29-31-33-35-41(49)46-38(37-53-45-44(52)43(51)42(50)40(36-47)54-45)39(48)34-32-30-28-26-24-16-14-12-10-8-6-4-2/h17-18,24,26,38-40,42-45,47-48,50-52H,3-16,19-23,25,27-37H2,1-2H3,(H,46,49)/b18-17+,26-24+/t38-,39+,40-,42-,43?,44?,45-/m0/s1. The largest absolute Gasteiger partial charge is 0.394 e. The second-order valence-electron chi connectivity index (χ2n) is 15.8. The van der Waals surface area contributed by atoms with Crippen molar-refractivity contribution in [2.45, 2.75) is 243 Å². The molecule has 1 rings (SSSR count). The number of allylic oxidation sites excluding steroid dienone is 4. The Hall–Kier alpha value is -1.33. The lowest BCUT2D eigenvalue weighted by Crippen LogP contribution is -2.60. The zero-order chi connectivity index (χ0) is 39.5. The Kier molecular flexibility index (Phi) is 33.8. The molecular weight excluding hydrogens is 682 g/mol. The maximum absolute atomic E-state index is 12.9. The van der Waals surface area contributed by atoms with Crippen molar-refractivity contribution in [2.75, 3.05) is 13.2 Å². The van der Waals surface area contributed by atoms with Gasteiger partial charge in [-0.15, -0.1) is 0 Å². The van der Waals surface area contributed by atoms with E-state index in [4.69, 9.17) is 9.47 Å². The van der Waals surface area contributed by atoms with Gasteiger partial charge in [-0.25, -0.2) is 0 Å². The van der Waals surface area contributed by atoms with Crippen LogP contribution in [0.15, 0.2) is 24.3 Å². The second kappa shape index (κ2) is 36.0. The van der Waals surface area contributed by atoms with E-state index < -0.39 is 49.5 Å². The molecule has 7 atom stereocenters. The first-order chi connectivity index (χ1) is 26.3. The highest BCUT2D eigenvalue weighted by Gasteiger charge is 2.44. The Balaban J connectivity index is 2.33. The van der Waals surface area contributed by atoms with Crippen LogP contribution in [0.5, 0.6) is 0 Å². The molecule has 1 amide bonds. The number of nitrogens with one attached hydrogen (secondary N) is 1. The Bertz CT molecular complexity index is 899. The van der Waals surface area contributed by atoms with Gasteiger partial charge in [0.2, 0.25) is 5.91 Å². The maximum atomic E-state index is 12.9. The van der Waals surface area contributed by atoms with Crippen LogP contribution in [-0.4, -0.2) is 87.5 Å². The van der Waals surface area contributed by atoms with E-state index in [0.29, 0.717) is 12.8 Å². The Morgan fingerprint density at radius 3 is 1.50 bits per heavy atom. The highest BCUT2D eigenvalue weighted by molar-refractivity contribution is 5.76. The van der Waals surface area contributed by atoms with Crippen LogP contribution >= 0.6 is 0 Å². The van der Waals surface area contributed by atoms with Gasteiger partial charge in [-0.05, 0) is 64.2 Å². The molecule has 0 aliphatic carbocycles. The van der Waals surface area contributed by atoms with Gasteiger partial charge in [0, 0.05) is 6.42 Å². The van der Waals surface area contributed by atoms with E-state index in [0.717, 1.165) is 44.9 Å². The minimum absolute atomic E-state index is 0.150. The third-order valence-corrected chi connectivity index (χ3v) is 10.8. The number of amides is 1. The molecule has 1 saturated heterocycles. The first-order valence-corrected chi connectivity index (χ1v) is 22.5. The van der Waals surface area contributed by atoms with Crippen LogP contribution in [0.4, 0.5) is 0 Å². The lowest BCUT2D eigenvalue weighted by atomic mass is 9.99. The summed E-state index contributed by atoms with van der Waals surface area (Å²) >= 11 is 0. The highest BCUT2D eigenvalue weighted by Crippen LogP contribution is 2.23. The lowest BCUT2D eigenvalue weighted by Gasteiger charge is -2.40. The number of carbonyl (C=O) groups is 1. The Morgan fingerprint density at radius 1 is 0.611 bits per heavy atom. The quantitative estimate of drug-likeness (QED) is 0.0271. The van der Waals surface area contributed by atoms with Crippen LogP contribution < -0.4 is 5.32 Å². The zero-order valence-corrected chi connectivity index (χ0v) is 34.7. The molecule has 0 aromatic carbocycles. The smallest absolute Gasteiger partial charge is 0.220 e. The van der Waals surface area contributed by atoms with E-state index >= 15 is 0 Å². The molecule has 54 heavy (non-hydrogen) atoms. The minimum atomic E-state index is -1.56. The van der Waals surface area contributed by atoms with Crippen molar-refractivity contribution >= 4 is 5.91 Å². The van der Waals surface area contributed by atoms with Gasteiger partial charge in [-0.1, -0.05) is 154 Å². The SMILES string of the molecule is CCCCCCCC/C=C/CCCCCCCCCCCC(=O)N[C@@H](CO[C@H]1O[C@@H](CO)[C@H](O)C(O)C1O)[C@H](O)CCCC/C=C/CCCCCCCC. The van der Waals surface area contributed by atoms with E-state index in [1.54, 1.807) is 0 Å². The number of carbonyl (C=O) groups excluding carboxylic acids is 1. The van der Waals surface area contributed by atoms with Gasteiger partial charge in [0.05, 0.1) is 25.4 Å². The molecule has 0 aromatic heterocycles. The summed E-state index contributed by atoms with van der Waals surface area (Å²) in [4.78, 5) is 12.9. The summed E-state index contributed by atoms with van der Waals surface area (Å²) < 4.78 is 11.2. The van der Waals surface area contributed by atoms with Crippen LogP contribution in [0.1, 0.15) is 200 Å². The number of aliphatic hydroxyl groups excluding tert-OH is 5. The van der Waals surface area contributed by atoms with Gasteiger partial charge < -0.3 is 40.3 Å². The van der Waals surface area contributed by atoms with E-state index in [1.165, 1.54) is 128 Å². The number of ether oxygens (including phenoxy) is 2. The van der Waals surface area contributed by atoms with E-state index in [9.17, 15) is 30.3 Å². The summed E-state index contributed by atoms with van der Waals surface area (Å²) in [5.41, 5.74) is 0. The molecule has 1 fully saturated rings. The lowest BCUT2D eigenvalue weighted by molar-refractivity contribution is -0.302. The molecule has 0 saturated carbocycles. The van der Waals surface area contributed by atoms with Gasteiger partial charge in [-0.2, -0.15) is 0 Å². The zero-order valence-electron chi connectivity index (χ0n) is 34.7. The average Bonchev–Trinajstić information content (AvgIpc) is 3.17. The molecule has 6 N–H and O–H groups in total. The maximum Gasteiger partial charge on any atom is 0.220 e. The topological polar surface area (TPSA) is 149 Å². The van der Waals surface area contributed by atoms with Crippen molar-refractivity contribution < 1.29 is 39.8 Å². The van der Waals surface area contributed by atoms with Crippen LogP contribution in [0.2, 0.25) is 0 Å². The number of hydrogen-bond donors (Lipinski definition) is 6. The van der Waals surface area contributed by atoms with Crippen molar-refractivity contribution in [3.05, 3.63) is 24.3 Å². The molecule has 1 aliphatic rings. The molecule has 318 valence electrons. The summed E-state index contributed by atoms with van der Waals surface area (Å²) in [5.74, 6) is -0.157. The van der Waals surface area contributed by atoms with Gasteiger partial charge in [-0.3, -0.25) is 4.79 Å². The van der Waals surface area contributed by atoms with Gasteiger partial charge in [0.25, 0.3) is 0 Å². The molecule has 9 nitrogen and oxygen atoms in total. The van der Waals surface area contributed by atoms with Crippen LogP contribution in [-0.2, 0) is 14.3 Å². The van der Waals surface area contributed by atoms with Crippen molar-refractivity contribution in [1.29, 1.82) is 0 Å². The normalized spacial score (nSPS) is 21.6. The summed E-state index contributed by atoms with van der Waals surface area (Å²) in [6.07, 6.45) is 34.7. The number of aliphatic hydroxyl groups is 5. The van der Waals surface area contributed by atoms with Crippen LogP contribution in [0.25, 0.3) is 0 Å². The van der Waals surface area contributed by atoms with E-state index in [1.807, 2.05) is 0 Å². The summed E-state index contributed by atoms with van der Waals surface area (Å²) in [7, 11) is 0. The predicted octanol–water partition coefficient (Wildman–Crippen LogP) is 9.11. The van der Waals surface area contributed by atoms with Crippen LogP contribution in [0, 0.1) is 0 Å². The summed E-state index contributed by atoms with van der Waals surface area (Å²) in [5, 5.41) is 54.2. The van der Waals surface area contributed by atoms with Crippen LogP contribution in [0.3, 0.4) is 0 Å². The van der Waals surface area contributed by atoms with E-state index in [2.05, 4.69) is 43.5 Å². The minimum Gasteiger partial charge on any atom is -0.394 e. The van der Waals surface area contributed by atoms with Crippen molar-refractivity contribution in [2.24, 2.45) is 0 Å². The van der Waals surface area contributed by atoms with E-state index in [-0.39, 0.29) is 12.5 Å². The fourth-order valence-corrected chi connectivity index (χ4v) is 7.09. The number of hydrogen-bond acceptors (Lipinski definition) is 8. The van der Waals surface area contributed by atoms with Gasteiger partial charge in [0.15, 0.2) is 6.29 Å². The molecule has 0 spiro atoms. The predicted molar refractivity (Wildman–Crippen MR) is 221 cm³/mol. The molecular formula is C45H85NO8. The molecule has 0 bridgehead atoms. The third kappa shape index (κ3) is 26.5. The first kappa shape index (κ1) is 50.7. The number of rotatable bonds is 37. The Labute approximate surface area is 330 Å². The summed E-state index contributed by atoms with van der Waals surface area (Å²) in [6, 6.07) is -0.732. The number of unbranched alkanes of at least 4 members (excludes halogenated alkanes) is 23. The highest BCUT2D eigenvalue weighted by atomic mass is 16.7. The van der Waals surface area contributed by atoms with Gasteiger partial charge in [0.1, 0.15) is 24.4 Å². The molecule has 1 aliphatic heterocycles. The fraction of sp³-hybridized carbons (Fsp3) is 0.889. The average molecular weight is 768 g/mol. The summed E-state index contributed by atoms with van der Waals surface area (Å²) in [6.45, 7) is 3.79. The molecule has 2 unspecified atom stereocenters. The second-order valence-corrected chi connectivity index (χ2v) is 15.8. The van der Waals surface area contributed by atoms with Crippen molar-refractivity contribution in [3.8, 4) is 0 Å². The van der Waals surface area contributed by atoms with Gasteiger partial charge >= 0.3 is 0 Å². The fourth-order valence-electron chi connectivity index (χ4n) is 7.09. The molecule has 1 heterocycles. The van der Waals surface area contributed by atoms with Crippen molar-refractivity contribution in [1.82, 2.24) is 5.32 Å². The molecule has 0 radical (unpaired) electrons. The third-order valence-electron chi connectivity index (χ3n) is 10.8.